The summed E-state index contributed by atoms with van der Waals surface area (Å²) in [6, 6.07) is 11.2. The molecule has 0 amide bonds. The van der Waals surface area contributed by atoms with Crippen LogP contribution in [-0.2, 0) is 0 Å². The van der Waals surface area contributed by atoms with Crippen molar-refractivity contribution in [3.8, 4) is 0 Å². The summed E-state index contributed by atoms with van der Waals surface area (Å²) in [5.41, 5.74) is 7.45. The molecular weight excluding hydrogens is 240 g/mol. The maximum Gasteiger partial charge on any atom is 0.0284 e. The van der Waals surface area contributed by atoms with Gasteiger partial charge in [-0.25, -0.2) is 0 Å². The second-order valence-corrected chi connectivity index (χ2v) is 6.23. The molecular formula is C15H24N2S. The molecule has 2 unspecified atom stereocenters. The average molecular weight is 264 g/mol. The van der Waals surface area contributed by atoms with Crippen LogP contribution in [0.3, 0.4) is 0 Å². The average Bonchev–Trinajstić information content (AvgIpc) is 2.70. The van der Waals surface area contributed by atoms with Gasteiger partial charge in [-0.1, -0.05) is 37.3 Å². The van der Waals surface area contributed by atoms with E-state index in [1.807, 2.05) is 0 Å². The van der Waals surface area contributed by atoms with Crippen molar-refractivity contribution in [3.63, 3.8) is 0 Å². The van der Waals surface area contributed by atoms with Gasteiger partial charge < -0.3 is 5.73 Å². The molecule has 2 nitrogen and oxygen atoms in total. The predicted molar refractivity (Wildman–Crippen MR) is 81.2 cm³/mol. The molecule has 1 aliphatic rings. The van der Waals surface area contributed by atoms with Gasteiger partial charge in [0, 0.05) is 24.9 Å². The fraction of sp³-hybridized carbons (Fsp3) is 0.600. The van der Waals surface area contributed by atoms with Crippen molar-refractivity contribution >= 4 is 11.8 Å². The van der Waals surface area contributed by atoms with Crippen molar-refractivity contribution in [2.24, 2.45) is 5.73 Å². The van der Waals surface area contributed by atoms with E-state index in [0.717, 1.165) is 6.54 Å². The van der Waals surface area contributed by atoms with E-state index >= 15 is 0 Å². The zero-order valence-corrected chi connectivity index (χ0v) is 12.0. The number of hydrogen-bond donors (Lipinski definition) is 1. The third-order valence-electron chi connectivity index (χ3n) is 3.87. The zero-order chi connectivity index (χ0) is 12.8. The maximum atomic E-state index is 6.04. The standard InChI is InChI=1S/C15H24N2S/c1-13(14-6-3-2-4-7-14)15(12-16)17-8-5-10-18-11-9-17/h2-4,6-7,13,15H,5,8-12,16H2,1H3. The number of nitrogens with two attached hydrogens (primary N) is 1. The molecule has 0 aliphatic carbocycles. The van der Waals surface area contributed by atoms with Crippen molar-refractivity contribution in [1.82, 2.24) is 4.90 Å². The highest BCUT2D eigenvalue weighted by Gasteiger charge is 2.24. The summed E-state index contributed by atoms with van der Waals surface area (Å²) in [6.07, 6.45) is 1.29. The molecule has 2 rings (SSSR count). The minimum atomic E-state index is 0.478. The Kier molecular flexibility index (Phi) is 5.54. The fourth-order valence-electron chi connectivity index (χ4n) is 2.75. The van der Waals surface area contributed by atoms with Gasteiger partial charge in [0.2, 0.25) is 0 Å². The molecule has 0 saturated carbocycles. The number of hydrogen-bond acceptors (Lipinski definition) is 3. The Labute approximate surface area is 115 Å². The Morgan fingerprint density at radius 3 is 2.72 bits per heavy atom. The van der Waals surface area contributed by atoms with E-state index in [1.165, 1.54) is 36.6 Å². The quantitative estimate of drug-likeness (QED) is 0.906. The zero-order valence-electron chi connectivity index (χ0n) is 11.2. The van der Waals surface area contributed by atoms with Gasteiger partial charge >= 0.3 is 0 Å². The smallest absolute Gasteiger partial charge is 0.0284 e. The highest BCUT2D eigenvalue weighted by Crippen LogP contribution is 2.24. The number of benzene rings is 1. The first-order valence-electron chi connectivity index (χ1n) is 6.89. The van der Waals surface area contributed by atoms with Crippen LogP contribution >= 0.6 is 11.8 Å². The Morgan fingerprint density at radius 1 is 1.22 bits per heavy atom. The molecule has 0 aromatic heterocycles. The fourth-order valence-corrected chi connectivity index (χ4v) is 3.65. The molecule has 1 aliphatic heterocycles. The van der Waals surface area contributed by atoms with Gasteiger partial charge in [-0.15, -0.1) is 0 Å². The molecule has 100 valence electrons. The van der Waals surface area contributed by atoms with Gasteiger partial charge in [0.1, 0.15) is 0 Å². The van der Waals surface area contributed by atoms with Gasteiger partial charge in [-0.2, -0.15) is 11.8 Å². The molecule has 1 fully saturated rings. The third-order valence-corrected chi connectivity index (χ3v) is 4.92. The molecule has 3 heteroatoms. The molecule has 2 N–H and O–H groups in total. The second-order valence-electron chi connectivity index (χ2n) is 5.00. The van der Waals surface area contributed by atoms with Crippen molar-refractivity contribution in [3.05, 3.63) is 35.9 Å². The van der Waals surface area contributed by atoms with E-state index in [0.29, 0.717) is 12.0 Å². The highest BCUT2D eigenvalue weighted by molar-refractivity contribution is 7.99. The third kappa shape index (κ3) is 3.50. The molecule has 0 spiro atoms. The lowest BCUT2D eigenvalue weighted by atomic mass is 9.92. The van der Waals surface area contributed by atoms with Gasteiger partial charge in [0.25, 0.3) is 0 Å². The number of nitrogens with zero attached hydrogens (tertiary/aromatic N) is 1. The lowest BCUT2D eigenvalue weighted by molar-refractivity contribution is 0.193. The van der Waals surface area contributed by atoms with Crippen LogP contribution in [0.4, 0.5) is 0 Å². The van der Waals surface area contributed by atoms with Crippen LogP contribution in [0.2, 0.25) is 0 Å². The first kappa shape index (κ1) is 13.9. The highest BCUT2D eigenvalue weighted by atomic mass is 32.2. The summed E-state index contributed by atoms with van der Waals surface area (Å²) in [5.74, 6) is 3.06. The Bertz CT molecular complexity index is 334. The minimum absolute atomic E-state index is 0.478. The molecule has 0 radical (unpaired) electrons. The summed E-state index contributed by atoms with van der Waals surface area (Å²) in [5, 5.41) is 0. The molecule has 18 heavy (non-hydrogen) atoms. The number of rotatable bonds is 4. The van der Waals surface area contributed by atoms with Crippen LogP contribution in [0.25, 0.3) is 0 Å². The van der Waals surface area contributed by atoms with Gasteiger partial charge in [-0.3, -0.25) is 4.90 Å². The van der Waals surface area contributed by atoms with Gasteiger partial charge in [-0.05, 0) is 30.2 Å². The van der Waals surface area contributed by atoms with Crippen molar-refractivity contribution in [2.75, 3.05) is 31.1 Å². The first-order valence-corrected chi connectivity index (χ1v) is 8.05. The molecule has 1 aromatic rings. The second kappa shape index (κ2) is 7.17. The lowest BCUT2D eigenvalue weighted by Crippen LogP contribution is -2.45. The van der Waals surface area contributed by atoms with Gasteiger partial charge in [0.05, 0.1) is 0 Å². The molecule has 2 atom stereocenters. The Morgan fingerprint density at radius 2 is 2.00 bits per heavy atom. The van der Waals surface area contributed by atoms with Crippen LogP contribution in [0.5, 0.6) is 0 Å². The van der Waals surface area contributed by atoms with E-state index in [2.05, 4.69) is 53.9 Å². The van der Waals surface area contributed by atoms with E-state index in [1.54, 1.807) is 0 Å². The van der Waals surface area contributed by atoms with Crippen molar-refractivity contribution < 1.29 is 0 Å². The lowest BCUT2D eigenvalue weighted by Gasteiger charge is -2.34. The normalized spacial score (nSPS) is 21.2. The summed E-state index contributed by atoms with van der Waals surface area (Å²) in [7, 11) is 0. The number of thioether (sulfide) groups is 1. The predicted octanol–water partition coefficient (Wildman–Crippen LogP) is 2.56. The van der Waals surface area contributed by atoms with Crippen LogP contribution in [0, 0.1) is 0 Å². The summed E-state index contributed by atoms with van der Waals surface area (Å²) < 4.78 is 0. The first-order chi connectivity index (χ1) is 8.83. The van der Waals surface area contributed by atoms with E-state index in [-0.39, 0.29) is 0 Å². The van der Waals surface area contributed by atoms with Crippen LogP contribution in [-0.4, -0.2) is 42.1 Å². The van der Waals surface area contributed by atoms with Gasteiger partial charge in [0.15, 0.2) is 0 Å². The Hall–Kier alpha value is -0.510. The summed E-state index contributed by atoms with van der Waals surface area (Å²) >= 11 is 2.07. The Balaban J connectivity index is 2.07. The van der Waals surface area contributed by atoms with E-state index in [4.69, 9.17) is 5.73 Å². The van der Waals surface area contributed by atoms with Crippen molar-refractivity contribution in [1.29, 1.82) is 0 Å². The topological polar surface area (TPSA) is 29.3 Å². The minimum Gasteiger partial charge on any atom is -0.329 e. The van der Waals surface area contributed by atoms with E-state index in [9.17, 15) is 0 Å². The van der Waals surface area contributed by atoms with E-state index < -0.39 is 0 Å². The SMILES string of the molecule is CC(c1ccccc1)C(CN)N1CCCSCC1. The maximum absolute atomic E-state index is 6.04. The summed E-state index contributed by atoms with van der Waals surface area (Å²) in [4.78, 5) is 2.59. The molecule has 0 bridgehead atoms. The summed E-state index contributed by atoms with van der Waals surface area (Å²) in [6.45, 7) is 5.45. The molecule has 1 heterocycles. The monoisotopic (exact) mass is 264 g/mol. The van der Waals surface area contributed by atoms with Crippen molar-refractivity contribution in [2.45, 2.75) is 25.3 Å². The molecule has 1 saturated heterocycles. The van der Waals surface area contributed by atoms with Crippen LogP contribution < -0.4 is 5.73 Å². The van der Waals surface area contributed by atoms with Crippen LogP contribution in [0.15, 0.2) is 30.3 Å². The molecule has 1 aromatic carbocycles. The van der Waals surface area contributed by atoms with Crippen LogP contribution in [0.1, 0.15) is 24.8 Å². The largest absolute Gasteiger partial charge is 0.329 e.